The predicted octanol–water partition coefficient (Wildman–Crippen LogP) is 1.67. The molecule has 20 heavy (non-hydrogen) atoms. The topological polar surface area (TPSA) is 57.7 Å². The summed E-state index contributed by atoms with van der Waals surface area (Å²) in [7, 11) is -3.22. The molecule has 110 valence electrons. The van der Waals surface area contributed by atoms with Crippen molar-refractivity contribution < 1.29 is 13.2 Å². The van der Waals surface area contributed by atoms with E-state index in [-0.39, 0.29) is 23.7 Å². The molecule has 0 bridgehead atoms. The van der Waals surface area contributed by atoms with Gasteiger partial charge < -0.3 is 4.90 Å². The zero-order valence-corrected chi connectivity index (χ0v) is 13.0. The molecule has 0 aliphatic carbocycles. The van der Waals surface area contributed by atoms with E-state index in [9.17, 15) is 13.2 Å². The lowest BCUT2D eigenvalue weighted by molar-refractivity contribution is -0.117. The summed E-state index contributed by atoms with van der Waals surface area (Å²) in [6.07, 6.45) is 1.65. The molecule has 0 radical (unpaired) electrons. The van der Waals surface area contributed by atoms with Crippen molar-refractivity contribution in [3.63, 3.8) is 0 Å². The van der Waals surface area contributed by atoms with Gasteiger partial charge in [-0.2, -0.15) is 15.6 Å². The van der Waals surface area contributed by atoms with Crippen LogP contribution in [0, 0.1) is 0 Å². The van der Waals surface area contributed by atoms with Crippen LogP contribution >= 0.6 is 11.3 Å². The average molecular weight is 314 g/mol. The number of hydrogen-bond donors (Lipinski definition) is 0. The van der Waals surface area contributed by atoms with E-state index in [0.29, 0.717) is 19.4 Å². The van der Waals surface area contributed by atoms with Crippen LogP contribution in [-0.2, 0) is 14.8 Å². The molecule has 0 unspecified atom stereocenters. The fourth-order valence-electron chi connectivity index (χ4n) is 3.26. The number of hydrogen-bond acceptors (Lipinski definition) is 4. The Labute approximate surface area is 123 Å². The van der Waals surface area contributed by atoms with Crippen LogP contribution in [0.1, 0.15) is 26.2 Å². The minimum absolute atomic E-state index is 0.00345. The van der Waals surface area contributed by atoms with Crippen LogP contribution in [0.3, 0.4) is 0 Å². The highest BCUT2D eigenvalue weighted by Crippen LogP contribution is 2.38. The molecule has 1 aromatic rings. The van der Waals surface area contributed by atoms with E-state index < -0.39 is 10.0 Å². The van der Waals surface area contributed by atoms with Gasteiger partial charge in [-0.3, -0.25) is 4.79 Å². The summed E-state index contributed by atoms with van der Waals surface area (Å²) in [5.74, 6) is 0.206. The Kier molecular flexibility index (Phi) is 3.60. The van der Waals surface area contributed by atoms with E-state index >= 15 is 0 Å². The highest BCUT2D eigenvalue weighted by atomic mass is 32.2. The molecule has 0 aromatic carbocycles. The largest absolute Gasteiger partial charge is 0.307 e. The summed E-state index contributed by atoms with van der Waals surface area (Å²) in [5.41, 5.74) is 0.905. The molecular weight excluding hydrogens is 296 g/mol. The second-order valence-electron chi connectivity index (χ2n) is 5.30. The van der Waals surface area contributed by atoms with Gasteiger partial charge in [-0.1, -0.05) is 6.92 Å². The van der Waals surface area contributed by atoms with E-state index in [1.54, 1.807) is 20.5 Å². The Bertz CT molecular complexity index is 597. The highest BCUT2D eigenvalue weighted by molar-refractivity contribution is 7.89. The van der Waals surface area contributed by atoms with Crippen LogP contribution in [0.2, 0.25) is 0 Å². The van der Waals surface area contributed by atoms with E-state index in [4.69, 9.17) is 0 Å². The molecule has 2 fully saturated rings. The molecule has 3 rings (SSSR count). The first-order valence-electron chi connectivity index (χ1n) is 6.88. The molecule has 1 aromatic heterocycles. The highest BCUT2D eigenvalue weighted by Gasteiger charge is 2.50. The Balaban J connectivity index is 1.86. The van der Waals surface area contributed by atoms with Crippen LogP contribution in [-0.4, -0.2) is 43.0 Å². The minimum atomic E-state index is -3.22. The van der Waals surface area contributed by atoms with Crippen molar-refractivity contribution in [3.8, 4) is 0 Å². The van der Waals surface area contributed by atoms with Gasteiger partial charge in [0.15, 0.2) is 0 Å². The number of amides is 1. The van der Waals surface area contributed by atoms with Crippen LogP contribution in [0.15, 0.2) is 16.8 Å². The van der Waals surface area contributed by atoms with Gasteiger partial charge in [0.1, 0.15) is 0 Å². The van der Waals surface area contributed by atoms with Crippen LogP contribution < -0.4 is 4.90 Å². The summed E-state index contributed by atoms with van der Waals surface area (Å²) in [6, 6.07) is 1.75. The van der Waals surface area contributed by atoms with Gasteiger partial charge in [0.2, 0.25) is 15.9 Å². The molecule has 0 N–H and O–H groups in total. The summed E-state index contributed by atoms with van der Waals surface area (Å²) in [4.78, 5) is 14.0. The SMILES string of the molecule is CCCS(=O)(=O)N1CC[C@@H]2[C@@H]1CC(=O)N2c1ccsc1. The molecule has 2 atom stereocenters. The van der Waals surface area contributed by atoms with Gasteiger partial charge in [-0.25, -0.2) is 8.42 Å². The Morgan fingerprint density at radius 2 is 2.20 bits per heavy atom. The molecule has 7 heteroatoms. The number of sulfonamides is 1. The van der Waals surface area contributed by atoms with Crippen molar-refractivity contribution in [1.82, 2.24) is 4.31 Å². The quantitative estimate of drug-likeness (QED) is 0.849. The first kappa shape index (κ1) is 14.0. The number of thiophene rings is 1. The van der Waals surface area contributed by atoms with Crippen molar-refractivity contribution in [2.75, 3.05) is 17.2 Å². The lowest BCUT2D eigenvalue weighted by Crippen LogP contribution is -2.40. The van der Waals surface area contributed by atoms with E-state index in [1.807, 2.05) is 23.8 Å². The van der Waals surface area contributed by atoms with Crippen molar-refractivity contribution in [2.24, 2.45) is 0 Å². The fraction of sp³-hybridized carbons (Fsp3) is 0.615. The third-order valence-corrected chi connectivity index (χ3v) is 6.81. The van der Waals surface area contributed by atoms with Gasteiger partial charge in [0, 0.05) is 18.3 Å². The van der Waals surface area contributed by atoms with E-state index in [2.05, 4.69) is 0 Å². The van der Waals surface area contributed by atoms with Gasteiger partial charge in [-0.05, 0) is 24.3 Å². The predicted molar refractivity (Wildman–Crippen MR) is 79.4 cm³/mol. The van der Waals surface area contributed by atoms with Crippen LogP contribution in [0.25, 0.3) is 0 Å². The third kappa shape index (κ3) is 2.17. The lowest BCUT2D eigenvalue weighted by atomic mass is 10.1. The standard InChI is InChI=1S/C13H18N2O3S2/c1-2-7-20(17,18)14-5-3-11-12(14)8-13(16)15(11)10-4-6-19-9-10/h4,6,9,11-12H,2-3,5,7-8H2,1H3/t11-,12+/m1/s1. The van der Waals surface area contributed by atoms with Gasteiger partial charge >= 0.3 is 0 Å². The number of carbonyl (C=O) groups is 1. The molecule has 2 aliphatic rings. The number of nitrogens with zero attached hydrogens (tertiary/aromatic N) is 2. The Morgan fingerprint density at radius 1 is 1.40 bits per heavy atom. The Hall–Kier alpha value is -0.920. The summed E-state index contributed by atoms with van der Waals surface area (Å²) in [5, 5.41) is 3.89. The molecule has 0 spiro atoms. The molecule has 2 aliphatic heterocycles. The maximum absolute atomic E-state index is 12.3. The van der Waals surface area contributed by atoms with Gasteiger partial charge in [-0.15, -0.1) is 0 Å². The fourth-order valence-corrected chi connectivity index (χ4v) is 5.65. The first-order chi connectivity index (χ1) is 9.54. The maximum Gasteiger partial charge on any atom is 0.229 e. The smallest absolute Gasteiger partial charge is 0.229 e. The lowest BCUT2D eigenvalue weighted by Gasteiger charge is -2.24. The maximum atomic E-state index is 12.3. The average Bonchev–Trinajstić information content (AvgIpc) is 3.03. The molecule has 3 heterocycles. The zero-order valence-electron chi connectivity index (χ0n) is 11.4. The summed E-state index contributed by atoms with van der Waals surface area (Å²) < 4.78 is 26.1. The first-order valence-corrected chi connectivity index (χ1v) is 9.43. The van der Waals surface area contributed by atoms with Gasteiger partial charge in [0.25, 0.3) is 0 Å². The third-order valence-electron chi connectivity index (χ3n) is 4.05. The summed E-state index contributed by atoms with van der Waals surface area (Å²) in [6.45, 7) is 2.40. The minimum Gasteiger partial charge on any atom is -0.307 e. The van der Waals surface area contributed by atoms with Crippen LogP contribution in [0.4, 0.5) is 5.69 Å². The molecule has 5 nitrogen and oxygen atoms in total. The van der Waals surface area contributed by atoms with Crippen molar-refractivity contribution in [3.05, 3.63) is 16.8 Å². The molecule has 2 saturated heterocycles. The Morgan fingerprint density at radius 3 is 2.85 bits per heavy atom. The van der Waals surface area contributed by atoms with E-state index in [0.717, 1.165) is 12.1 Å². The molecule has 0 saturated carbocycles. The number of anilines is 1. The number of rotatable bonds is 4. The normalized spacial score (nSPS) is 27.2. The monoisotopic (exact) mass is 314 g/mol. The van der Waals surface area contributed by atoms with Gasteiger partial charge in [0.05, 0.1) is 23.5 Å². The second-order valence-corrected chi connectivity index (χ2v) is 8.12. The van der Waals surface area contributed by atoms with Crippen molar-refractivity contribution in [1.29, 1.82) is 0 Å². The molecule has 1 amide bonds. The van der Waals surface area contributed by atoms with Crippen LogP contribution in [0.5, 0.6) is 0 Å². The zero-order chi connectivity index (χ0) is 14.3. The van der Waals surface area contributed by atoms with Crippen molar-refractivity contribution in [2.45, 2.75) is 38.3 Å². The molecular formula is C13H18N2O3S2. The number of carbonyl (C=O) groups excluding carboxylic acids is 1. The van der Waals surface area contributed by atoms with E-state index in [1.165, 1.54) is 0 Å². The number of fused-ring (bicyclic) bond motifs is 1. The second kappa shape index (κ2) is 5.13. The van der Waals surface area contributed by atoms with Crippen molar-refractivity contribution >= 4 is 33.0 Å². The summed E-state index contributed by atoms with van der Waals surface area (Å²) >= 11 is 1.55.